The summed E-state index contributed by atoms with van der Waals surface area (Å²) in [7, 11) is -0.504. The fraction of sp³-hybridized carbons (Fsp3) is 0.206. The average Bonchev–Trinajstić information content (AvgIpc) is 3.45. The second-order valence-corrected chi connectivity index (χ2v) is 12.8. The molecular weight excluding hydrogens is 654 g/mol. The molecule has 0 aliphatic rings. The van der Waals surface area contributed by atoms with E-state index >= 15 is 0 Å². The number of esters is 1. The molecule has 0 spiro atoms. The van der Waals surface area contributed by atoms with E-state index in [9.17, 15) is 22.0 Å². The molecular formula is C34H32F2O9S2. The zero-order chi connectivity index (χ0) is 34.6. The number of hydrogen-bond acceptors (Lipinski definition) is 9. The lowest BCUT2D eigenvalue weighted by atomic mass is 9.87. The van der Waals surface area contributed by atoms with Gasteiger partial charge in [0.15, 0.2) is 0 Å². The topological polar surface area (TPSA) is 129 Å². The zero-order valence-electron chi connectivity index (χ0n) is 25.8. The molecule has 0 aliphatic heterocycles. The van der Waals surface area contributed by atoms with E-state index in [4.69, 9.17) is 28.6 Å². The summed E-state index contributed by atoms with van der Waals surface area (Å²) in [6, 6.07) is 27.7. The Morgan fingerprint density at radius 2 is 1.47 bits per heavy atom. The summed E-state index contributed by atoms with van der Waals surface area (Å²) in [5, 5.41) is 5.47. The standard InChI is InChI=1S/C32H28O5S.C2H4F2O4S/c1-20(2)31(33)37-24-14-10-21(11-15-24)29-26(18-19-28-30(29)25-8-6-7-9-27(25)38-28)32(35-4,36-5)22-12-16-23(34-3)17-13-22;3-2(4,1-5)9(6,7)8/h6-19H,1H2,2-5H3;5H,1H2,(H,6,7,8). The van der Waals surface area contributed by atoms with E-state index in [0.717, 1.165) is 43.5 Å². The summed E-state index contributed by atoms with van der Waals surface area (Å²) in [4.78, 5) is 12.1. The van der Waals surface area contributed by atoms with Gasteiger partial charge in [-0.2, -0.15) is 17.2 Å². The Morgan fingerprint density at radius 3 is 1.98 bits per heavy atom. The fourth-order valence-corrected chi connectivity index (χ4v) is 6.14. The van der Waals surface area contributed by atoms with Crippen molar-refractivity contribution in [1.82, 2.24) is 0 Å². The van der Waals surface area contributed by atoms with E-state index < -0.39 is 33.7 Å². The number of thiophene rings is 1. The fourth-order valence-electron chi connectivity index (χ4n) is 4.86. The molecule has 4 aromatic carbocycles. The molecule has 5 aromatic rings. The first kappa shape index (κ1) is 35.6. The van der Waals surface area contributed by atoms with Crippen molar-refractivity contribution in [1.29, 1.82) is 0 Å². The van der Waals surface area contributed by atoms with Crippen molar-refractivity contribution in [2.45, 2.75) is 18.0 Å². The van der Waals surface area contributed by atoms with Crippen molar-refractivity contribution in [3.05, 3.63) is 108 Å². The highest BCUT2D eigenvalue weighted by atomic mass is 32.2. The van der Waals surface area contributed by atoms with E-state index in [0.29, 0.717) is 11.3 Å². The van der Waals surface area contributed by atoms with Gasteiger partial charge in [0, 0.05) is 51.1 Å². The van der Waals surface area contributed by atoms with Crippen LogP contribution in [0.1, 0.15) is 18.1 Å². The van der Waals surface area contributed by atoms with Gasteiger partial charge in [-0.25, -0.2) is 4.79 Å². The van der Waals surface area contributed by atoms with Crippen LogP contribution in [0.5, 0.6) is 11.5 Å². The molecule has 0 bridgehead atoms. The summed E-state index contributed by atoms with van der Waals surface area (Å²) in [5.41, 5.74) is 3.95. The molecule has 0 saturated heterocycles. The number of aliphatic hydroxyl groups is 1. The molecule has 0 amide bonds. The van der Waals surface area contributed by atoms with Gasteiger partial charge in [-0.1, -0.05) is 43.0 Å². The van der Waals surface area contributed by atoms with Crippen LogP contribution in [0.15, 0.2) is 97.1 Å². The molecule has 248 valence electrons. The SMILES string of the molecule is C=C(C)C(=O)Oc1ccc(-c2c(C(OC)(OC)c3ccc(OC)cc3)ccc3sc4ccccc4c23)cc1.O=S(=O)(O)C(F)(F)CO. The lowest BCUT2D eigenvalue weighted by Crippen LogP contribution is -2.33. The highest BCUT2D eigenvalue weighted by molar-refractivity contribution is 7.86. The first-order valence-corrected chi connectivity index (χ1v) is 16.1. The van der Waals surface area contributed by atoms with Gasteiger partial charge < -0.3 is 24.1 Å². The Bertz CT molecular complexity index is 2000. The Labute approximate surface area is 274 Å². The largest absolute Gasteiger partial charge is 0.497 e. The lowest BCUT2D eigenvalue weighted by Gasteiger charge is -2.34. The second kappa shape index (κ2) is 14.3. The smallest absolute Gasteiger partial charge is 0.392 e. The molecule has 5 rings (SSSR count). The second-order valence-electron chi connectivity index (χ2n) is 10.2. The molecule has 0 atom stereocenters. The van der Waals surface area contributed by atoms with Crippen LogP contribution in [-0.4, -0.2) is 57.2 Å². The third-order valence-electron chi connectivity index (χ3n) is 7.21. The molecule has 47 heavy (non-hydrogen) atoms. The zero-order valence-corrected chi connectivity index (χ0v) is 27.5. The summed E-state index contributed by atoms with van der Waals surface area (Å²) in [5.74, 6) is -0.453. The van der Waals surface area contributed by atoms with Crippen molar-refractivity contribution in [2.75, 3.05) is 27.9 Å². The Morgan fingerprint density at radius 1 is 0.872 bits per heavy atom. The van der Waals surface area contributed by atoms with E-state index in [1.165, 1.54) is 4.70 Å². The maximum atomic E-state index is 12.1. The Balaban J connectivity index is 0.000000488. The van der Waals surface area contributed by atoms with Crippen LogP contribution in [0.25, 0.3) is 31.3 Å². The maximum Gasteiger partial charge on any atom is 0.392 e. The molecule has 0 unspecified atom stereocenters. The number of halogens is 2. The molecule has 2 N–H and O–H groups in total. The van der Waals surface area contributed by atoms with Crippen LogP contribution in [0.4, 0.5) is 8.78 Å². The number of rotatable bonds is 10. The molecule has 1 heterocycles. The third kappa shape index (κ3) is 7.20. The predicted molar refractivity (Wildman–Crippen MR) is 177 cm³/mol. The van der Waals surface area contributed by atoms with Crippen molar-refractivity contribution in [3.8, 4) is 22.6 Å². The summed E-state index contributed by atoms with van der Waals surface area (Å²) in [6.07, 6.45) is 0. The van der Waals surface area contributed by atoms with E-state index in [1.54, 1.807) is 51.7 Å². The van der Waals surface area contributed by atoms with Crippen LogP contribution >= 0.6 is 11.3 Å². The number of carbonyl (C=O) groups excluding carboxylic acids is 1. The van der Waals surface area contributed by atoms with Gasteiger partial charge in [-0.05, 0) is 66.6 Å². The highest BCUT2D eigenvalue weighted by Gasteiger charge is 2.43. The minimum absolute atomic E-state index is 0.343. The molecule has 13 heteroatoms. The van der Waals surface area contributed by atoms with E-state index in [2.05, 4.69) is 43.0 Å². The monoisotopic (exact) mass is 686 g/mol. The number of methoxy groups -OCH3 is 3. The number of ether oxygens (including phenoxy) is 4. The number of aliphatic hydroxyl groups excluding tert-OH is 1. The van der Waals surface area contributed by atoms with Crippen LogP contribution in [0.2, 0.25) is 0 Å². The number of hydrogen-bond donors (Lipinski definition) is 2. The minimum Gasteiger partial charge on any atom is -0.497 e. The lowest BCUT2D eigenvalue weighted by molar-refractivity contribution is -0.183. The van der Waals surface area contributed by atoms with Crippen molar-refractivity contribution >= 4 is 47.6 Å². The van der Waals surface area contributed by atoms with E-state index in [-0.39, 0.29) is 0 Å². The number of alkyl halides is 2. The normalized spacial score (nSPS) is 12.0. The van der Waals surface area contributed by atoms with Gasteiger partial charge in [-0.15, -0.1) is 11.3 Å². The molecule has 0 radical (unpaired) electrons. The summed E-state index contributed by atoms with van der Waals surface area (Å²) < 4.78 is 75.4. The highest BCUT2D eigenvalue weighted by Crippen LogP contribution is 2.47. The maximum absolute atomic E-state index is 12.1. The quantitative estimate of drug-likeness (QED) is 0.0517. The first-order chi connectivity index (χ1) is 22.2. The average molecular weight is 687 g/mol. The third-order valence-corrected chi connectivity index (χ3v) is 9.23. The van der Waals surface area contributed by atoms with Gasteiger partial charge in [0.05, 0.1) is 7.11 Å². The van der Waals surface area contributed by atoms with Gasteiger partial charge in [0.2, 0.25) is 5.79 Å². The van der Waals surface area contributed by atoms with Crippen LogP contribution in [0, 0.1) is 0 Å². The summed E-state index contributed by atoms with van der Waals surface area (Å²) >= 11 is 1.74. The molecule has 1 aromatic heterocycles. The number of fused-ring (bicyclic) bond motifs is 3. The number of carbonyl (C=O) groups is 1. The van der Waals surface area contributed by atoms with Crippen molar-refractivity contribution < 1.29 is 50.6 Å². The van der Waals surface area contributed by atoms with Crippen molar-refractivity contribution in [2.24, 2.45) is 0 Å². The Kier molecular flexibility index (Phi) is 10.8. The van der Waals surface area contributed by atoms with Gasteiger partial charge in [0.1, 0.15) is 18.1 Å². The first-order valence-electron chi connectivity index (χ1n) is 13.9. The van der Waals surface area contributed by atoms with Crippen LogP contribution < -0.4 is 9.47 Å². The van der Waals surface area contributed by atoms with Crippen molar-refractivity contribution in [3.63, 3.8) is 0 Å². The molecule has 0 saturated carbocycles. The minimum atomic E-state index is -5.44. The molecule has 9 nitrogen and oxygen atoms in total. The van der Waals surface area contributed by atoms with Gasteiger partial charge in [-0.3, -0.25) is 4.55 Å². The van der Waals surface area contributed by atoms with Crippen LogP contribution in [0.3, 0.4) is 0 Å². The Hall–Kier alpha value is -4.24. The molecule has 0 aliphatic carbocycles. The van der Waals surface area contributed by atoms with E-state index in [1.807, 2.05) is 36.4 Å². The molecule has 0 fully saturated rings. The van der Waals surface area contributed by atoms with Crippen LogP contribution in [-0.2, 0) is 30.2 Å². The predicted octanol–water partition coefficient (Wildman–Crippen LogP) is 7.16. The van der Waals surface area contributed by atoms with Gasteiger partial charge >= 0.3 is 21.3 Å². The van der Waals surface area contributed by atoms with Gasteiger partial charge in [0.25, 0.3) is 0 Å². The number of benzene rings is 4. The summed E-state index contributed by atoms with van der Waals surface area (Å²) in [6.45, 7) is 3.38.